The first-order valence-electron chi connectivity index (χ1n) is 9.12. The van der Waals surface area contributed by atoms with Crippen molar-refractivity contribution in [2.75, 3.05) is 12.3 Å². The summed E-state index contributed by atoms with van der Waals surface area (Å²) in [5.41, 5.74) is 7.73. The molecule has 0 unspecified atom stereocenters. The zero-order valence-electron chi connectivity index (χ0n) is 15.6. The summed E-state index contributed by atoms with van der Waals surface area (Å²) in [4.78, 5) is 50.2. The van der Waals surface area contributed by atoms with Gasteiger partial charge in [-0.2, -0.15) is 0 Å². The number of hydrogen-bond acceptors (Lipinski definition) is 9. The van der Waals surface area contributed by atoms with Crippen LogP contribution in [0.3, 0.4) is 0 Å². The third-order valence-corrected chi connectivity index (χ3v) is 6.50. The van der Waals surface area contributed by atoms with Crippen LogP contribution >= 0.6 is 34.5 Å². The highest BCUT2D eigenvalue weighted by molar-refractivity contribution is 7.20. The molecule has 9 nitrogen and oxygen atoms in total. The number of benzene rings is 1. The fourth-order valence-electron chi connectivity index (χ4n) is 3.57. The van der Waals surface area contributed by atoms with E-state index in [4.69, 9.17) is 38.5 Å². The molecule has 2 amide bonds. The molecule has 158 valence electrons. The molecule has 1 saturated heterocycles. The van der Waals surface area contributed by atoms with Crippen molar-refractivity contribution in [2.45, 2.75) is 19.3 Å². The Kier molecular flexibility index (Phi) is 4.72. The van der Waals surface area contributed by atoms with Crippen molar-refractivity contribution in [2.24, 2.45) is 0 Å². The Morgan fingerprint density at radius 3 is 2.61 bits per heavy atom. The van der Waals surface area contributed by atoms with Crippen molar-refractivity contribution >= 4 is 68.5 Å². The first kappa shape index (κ1) is 20.0. The Bertz CT molecular complexity index is 1290. The molecule has 2 aromatic heterocycles. The molecule has 3 aromatic rings. The van der Waals surface area contributed by atoms with E-state index in [9.17, 15) is 14.4 Å². The molecule has 0 saturated carbocycles. The summed E-state index contributed by atoms with van der Waals surface area (Å²) in [6.45, 7) is 0.450. The van der Waals surface area contributed by atoms with Gasteiger partial charge < -0.3 is 15.3 Å². The van der Waals surface area contributed by atoms with Crippen molar-refractivity contribution in [3.63, 3.8) is 0 Å². The molecule has 0 atom stereocenters. The number of anilines is 1. The minimum Gasteiger partial charge on any atom is -0.491 e. The van der Waals surface area contributed by atoms with Gasteiger partial charge in [0.05, 0.1) is 22.3 Å². The lowest BCUT2D eigenvalue weighted by atomic mass is 10.00. The molecule has 12 heteroatoms. The summed E-state index contributed by atoms with van der Waals surface area (Å²) in [5.74, 6) is -1.45. The minimum atomic E-state index is -0.855. The van der Waals surface area contributed by atoms with E-state index < -0.39 is 17.8 Å². The van der Waals surface area contributed by atoms with E-state index in [1.54, 1.807) is 6.07 Å². The number of halogens is 2. The zero-order chi connectivity index (χ0) is 21.9. The molecule has 31 heavy (non-hydrogen) atoms. The molecule has 2 N–H and O–H groups in total. The van der Waals surface area contributed by atoms with Gasteiger partial charge in [-0.1, -0.05) is 23.2 Å². The van der Waals surface area contributed by atoms with Gasteiger partial charge in [0.25, 0.3) is 11.8 Å². The van der Waals surface area contributed by atoms with Gasteiger partial charge in [-0.15, -0.1) is 16.4 Å². The quantitative estimate of drug-likeness (QED) is 0.567. The lowest BCUT2D eigenvalue weighted by Crippen LogP contribution is -2.31. The number of imide groups is 1. The van der Waals surface area contributed by atoms with Gasteiger partial charge in [-0.3, -0.25) is 9.59 Å². The van der Waals surface area contributed by atoms with Crippen molar-refractivity contribution in [1.82, 2.24) is 15.0 Å². The monoisotopic (exact) mass is 478 g/mol. The highest BCUT2D eigenvalue weighted by atomic mass is 35.5. The predicted molar refractivity (Wildman–Crippen MR) is 113 cm³/mol. The number of hydroxylamine groups is 2. The van der Waals surface area contributed by atoms with Crippen LogP contribution in [0, 0.1) is 0 Å². The van der Waals surface area contributed by atoms with E-state index in [-0.39, 0.29) is 23.7 Å². The summed E-state index contributed by atoms with van der Waals surface area (Å²) < 4.78 is 5.62. The van der Waals surface area contributed by atoms with Gasteiger partial charge in [0.1, 0.15) is 15.5 Å². The average Bonchev–Trinajstić information content (AvgIpc) is 3.43. The summed E-state index contributed by atoms with van der Waals surface area (Å²) in [6, 6.07) is 3.09. The highest BCUT2D eigenvalue weighted by Crippen LogP contribution is 2.46. The maximum Gasteiger partial charge on any atom is 0.373 e. The predicted octanol–water partition coefficient (Wildman–Crippen LogP) is 3.40. The van der Waals surface area contributed by atoms with Crippen molar-refractivity contribution in [3.05, 3.63) is 32.6 Å². The maximum atomic E-state index is 12.6. The Morgan fingerprint density at radius 1 is 1.13 bits per heavy atom. The number of hydrogen-bond donors (Lipinski definition) is 1. The van der Waals surface area contributed by atoms with Crippen LogP contribution in [0.2, 0.25) is 10.0 Å². The van der Waals surface area contributed by atoms with Crippen LogP contribution in [0.1, 0.15) is 28.1 Å². The summed E-state index contributed by atoms with van der Waals surface area (Å²) in [5, 5.41) is 1.77. The fraction of sp³-hybridized carbons (Fsp3) is 0.211. The third kappa shape index (κ3) is 3.27. The topological polar surface area (TPSA) is 125 Å². The van der Waals surface area contributed by atoms with Gasteiger partial charge in [-0.25, -0.2) is 14.8 Å². The number of carbonyl (C=O) groups is 3. The number of amides is 2. The second kappa shape index (κ2) is 7.33. The number of aromatic nitrogens is 2. The summed E-state index contributed by atoms with van der Waals surface area (Å²) >= 11 is 13.8. The molecule has 5 rings (SSSR count). The first-order chi connectivity index (χ1) is 14.8. The summed E-state index contributed by atoms with van der Waals surface area (Å²) in [6.07, 6.45) is 0.592. The van der Waals surface area contributed by atoms with Crippen LogP contribution in [0.4, 0.5) is 5.95 Å². The molecule has 0 bridgehead atoms. The molecule has 4 heterocycles. The van der Waals surface area contributed by atoms with E-state index >= 15 is 0 Å². The highest BCUT2D eigenvalue weighted by Gasteiger charge is 2.34. The van der Waals surface area contributed by atoms with Crippen molar-refractivity contribution in [3.8, 4) is 17.0 Å². The van der Waals surface area contributed by atoms with Crippen LogP contribution in [0.5, 0.6) is 5.75 Å². The minimum absolute atomic E-state index is 0.00662. The Hall–Kier alpha value is -2.95. The standard InChI is InChI=1S/C19H12Cl2N4O5S/c20-9-6-10(21)16-7(3-4-29-16)14(9)15-8-5-11(31-17(8)24-19(22)23-15)18(28)30-25-12(26)1-2-13(25)27/h5-6H,1-4H2,(H2,22,23,24). The smallest absolute Gasteiger partial charge is 0.373 e. The molecule has 1 aromatic carbocycles. The van der Waals surface area contributed by atoms with Crippen LogP contribution in [-0.4, -0.2) is 39.4 Å². The normalized spacial score (nSPS) is 15.5. The molecule has 2 aliphatic heterocycles. The molecule has 0 aliphatic carbocycles. The number of ether oxygens (including phenoxy) is 1. The second-order valence-corrected chi connectivity index (χ2v) is 8.69. The number of carbonyl (C=O) groups excluding carboxylic acids is 3. The fourth-order valence-corrected chi connectivity index (χ4v) is 5.13. The van der Waals surface area contributed by atoms with Gasteiger partial charge in [0, 0.05) is 35.8 Å². The maximum absolute atomic E-state index is 12.6. The van der Waals surface area contributed by atoms with Crippen molar-refractivity contribution in [1.29, 1.82) is 0 Å². The van der Waals surface area contributed by atoms with E-state index in [0.29, 0.717) is 55.4 Å². The number of thiophene rings is 1. The number of nitrogen functional groups attached to an aromatic ring is 1. The average molecular weight is 479 g/mol. The molecular formula is C19H12Cl2N4O5S. The molecule has 0 radical (unpaired) electrons. The molecule has 2 aliphatic rings. The Morgan fingerprint density at radius 2 is 1.87 bits per heavy atom. The number of nitrogens with zero attached hydrogens (tertiary/aromatic N) is 3. The number of nitrogens with two attached hydrogens (primary N) is 1. The van der Waals surface area contributed by atoms with Crippen LogP contribution < -0.4 is 10.5 Å². The Labute approximate surface area is 188 Å². The third-order valence-electron chi connectivity index (χ3n) is 4.91. The lowest BCUT2D eigenvalue weighted by Gasteiger charge is -2.12. The lowest BCUT2D eigenvalue weighted by molar-refractivity contribution is -0.172. The van der Waals surface area contributed by atoms with E-state index in [2.05, 4.69) is 9.97 Å². The van der Waals surface area contributed by atoms with Crippen LogP contribution in [0.25, 0.3) is 21.5 Å². The number of rotatable bonds is 3. The van der Waals surface area contributed by atoms with Gasteiger partial charge in [-0.05, 0) is 12.1 Å². The van der Waals surface area contributed by atoms with E-state index in [0.717, 1.165) is 16.9 Å². The second-order valence-electron chi connectivity index (χ2n) is 6.84. The van der Waals surface area contributed by atoms with E-state index in [1.807, 2.05) is 0 Å². The van der Waals surface area contributed by atoms with Gasteiger partial charge >= 0.3 is 5.97 Å². The largest absolute Gasteiger partial charge is 0.491 e. The van der Waals surface area contributed by atoms with Crippen LogP contribution in [0.15, 0.2) is 12.1 Å². The van der Waals surface area contributed by atoms with Crippen LogP contribution in [-0.2, 0) is 20.8 Å². The number of fused-ring (bicyclic) bond motifs is 2. The van der Waals surface area contributed by atoms with Gasteiger partial charge in [0.2, 0.25) is 5.95 Å². The summed E-state index contributed by atoms with van der Waals surface area (Å²) in [7, 11) is 0. The van der Waals surface area contributed by atoms with Crippen molar-refractivity contribution < 1.29 is 24.0 Å². The molecular weight excluding hydrogens is 467 g/mol. The molecule has 1 fully saturated rings. The Balaban J connectivity index is 1.61. The first-order valence-corrected chi connectivity index (χ1v) is 10.7. The zero-order valence-corrected chi connectivity index (χ0v) is 17.9. The van der Waals surface area contributed by atoms with E-state index in [1.165, 1.54) is 6.07 Å². The van der Waals surface area contributed by atoms with Gasteiger partial charge in [0.15, 0.2) is 0 Å². The molecule has 0 spiro atoms. The SMILES string of the molecule is Nc1nc(-c2c(Cl)cc(Cl)c3c2CCO3)c2cc(C(=O)ON3C(=O)CCC3=O)sc2n1.